The summed E-state index contributed by atoms with van der Waals surface area (Å²) in [6.07, 6.45) is 5.61. The molecule has 0 bridgehead atoms. The Balaban J connectivity index is 1.57. The maximum atomic E-state index is 12.5. The Bertz CT molecular complexity index is 524. The van der Waals surface area contributed by atoms with E-state index < -0.39 is 0 Å². The molecule has 1 aromatic heterocycles. The Kier molecular flexibility index (Phi) is 5.33. The molecule has 0 unspecified atom stereocenters. The maximum absolute atomic E-state index is 12.5. The molecular weight excluding hydrogens is 292 g/mol. The highest BCUT2D eigenvalue weighted by molar-refractivity contribution is 5.76. The SMILES string of the molecule is Cc1ccnn1CC(=O)N1C[C@@H](CN2CCCCC2)[C@@H](CO)C1. The Morgan fingerprint density at radius 3 is 2.65 bits per heavy atom. The van der Waals surface area contributed by atoms with Gasteiger partial charge in [0.05, 0.1) is 0 Å². The molecule has 6 nitrogen and oxygen atoms in total. The molecule has 2 atom stereocenters. The molecule has 0 aromatic carbocycles. The van der Waals surface area contributed by atoms with Gasteiger partial charge in [0.15, 0.2) is 0 Å². The van der Waals surface area contributed by atoms with Gasteiger partial charge in [0.25, 0.3) is 0 Å². The van der Waals surface area contributed by atoms with Gasteiger partial charge >= 0.3 is 0 Å². The summed E-state index contributed by atoms with van der Waals surface area (Å²) in [5.41, 5.74) is 1.00. The van der Waals surface area contributed by atoms with Gasteiger partial charge < -0.3 is 14.9 Å². The lowest BCUT2D eigenvalue weighted by Gasteiger charge is -2.30. The molecule has 3 heterocycles. The van der Waals surface area contributed by atoms with E-state index in [2.05, 4.69) is 10.00 Å². The first-order valence-corrected chi connectivity index (χ1v) is 8.77. The van der Waals surface area contributed by atoms with Crippen molar-refractivity contribution in [2.75, 3.05) is 39.3 Å². The van der Waals surface area contributed by atoms with Crippen LogP contribution in [0.4, 0.5) is 0 Å². The van der Waals surface area contributed by atoms with Crippen molar-refractivity contribution in [3.8, 4) is 0 Å². The highest BCUT2D eigenvalue weighted by Crippen LogP contribution is 2.25. The molecule has 1 aromatic rings. The molecule has 0 aliphatic carbocycles. The van der Waals surface area contributed by atoms with Crippen LogP contribution in [0.15, 0.2) is 12.3 Å². The topological polar surface area (TPSA) is 61.6 Å². The lowest BCUT2D eigenvalue weighted by Crippen LogP contribution is -2.37. The van der Waals surface area contributed by atoms with Crippen molar-refractivity contribution < 1.29 is 9.90 Å². The number of aliphatic hydroxyl groups is 1. The van der Waals surface area contributed by atoms with Crippen molar-refractivity contribution in [3.05, 3.63) is 18.0 Å². The highest BCUT2D eigenvalue weighted by atomic mass is 16.3. The molecule has 128 valence electrons. The number of hydrogen-bond donors (Lipinski definition) is 1. The summed E-state index contributed by atoms with van der Waals surface area (Å²) in [5, 5.41) is 13.9. The van der Waals surface area contributed by atoms with Gasteiger partial charge in [-0.15, -0.1) is 0 Å². The molecule has 6 heteroatoms. The van der Waals surface area contributed by atoms with Gasteiger partial charge in [-0.3, -0.25) is 9.48 Å². The molecule has 0 saturated carbocycles. The van der Waals surface area contributed by atoms with Gasteiger partial charge in [0.1, 0.15) is 6.54 Å². The van der Waals surface area contributed by atoms with Crippen LogP contribution in [0.2, 0.25) is 0 Å². The Morgan fingerprint density at radius 2 is 2.00 bits per heavy atom. The van der Waals surface area contributed by atoms with E-state index in [1.165, 1.54) is 19.3 Å². The summed E-state index contributed by atoms with van der Waals surface area (Å²) in [7, 11) is 0. The zero-order valence-electron chi connectivity index (χ0n) is 14.0. The van der Waals surface area contributed by atoms with E-state index in [1.54, 1.807) is 10.9 Å². The van der Waals surface area contributed by atoms with Crippen molar-refractivity contribution >= 4 is 5.91 Å². The van der Waals surface area contributed by atoms with E-state index in [9.17, 15) is 9.90 Å². The zero-order chi connectivity index (χ0) is 16.2. The third-order valence-electron chi connectivity index (χ3n) is 5.32. The summed E-state index contributed by atoms with van der Waals surface area (Å²) in [5.74, 6) is 0.705. The number of likely N-dealkylation sites (tertiary alicyclic amines) is 2. The van der Waals surface area contributed by atoms with Crippen molar-refractivity contribution in [2.24, 2.45) is 11.8 Å². The first-order chi connectivity index (χ1) is 11.2. The number of nitrogens with zero attached hydrogens (tertiary/aromatic N) is 4. The molecule has 2 aliphatic heterocycles. The van der Waals surface area contributed by atoms with Crippen LogP contribution in [0.25, 0.3) is 0 Å². The molecule has 3 rings (SSSR count). The molecule has 23 heavy (non-hydrogen) atoms. The van der Waals surface area contributed by atoms with Crippen molar-refractivity contribution in [1.29, 1.82) is 0 Å². The number of amides is 1. The fraction of sp³-hybridized carbons (Fsp3) is 0.765. The van der Waals surface area contributed by atoms with Crippen LogP contribution in [0, 0.1) is 18.8 Å². The minimum atomic E-state index is 0.108. The number of carbonyl (C=O) groups is 1. The monoisotopic (exact) mass is 320 g/mol. The fourth-order valence-corrected chi connectivity index (χ4v) is 3.82. The first kappa shape index (κ1) is 16.5. The quantitative estimate of drug-likeness (QED) is 0.869. The van der Waals surface area contributed by atoms with Crippen LogP contribution in [0.5, 0.6) is 0 Å². The van der Waals surface area contributed by atoms with E-state index in [4.69, 9.17) is 0 Å². The maximum Gasteiger partial charge on any atom is 0.244 e. The predicted molar refractivity (Wildman–Crippen MR) is 87.9 cm³/mol. The standard InChI is InChI=1S/C17H28N4O2/c1-14-5-6-18-21(14)12-17(23)20-10-15(16(11-20)13-22)9-19-7-3-2-4-8-19/h5-6,15-16,22H,2-4,7-13H2,1H3/t15-,16-/m1/s1. The Morgan fingerprint density at radius 1 is 1.26 bits per heavy atom. The van der Waals surface area contributed by atoms with Crippen molar-refractivity contribution in [3.63, 3.8) is 0 Å². The van der Waals surface area contributed by atoms with Crippen LogP contribution in [-0.4, -0.2) is 69.9 Å². The van der Waals surface area contributed by atoms with E-state index in [0.29, 0.717) is 19.0 Å². The van der Waals surface area contributed by atoms with Gasteiger partial charge in [-0.25, -0.2) is 0 Å². The van der Waals surface area contributed by atoms with Gasteiger partial charge in [0.2, 0.25) is 5.91 Å². The van der Waals surface area contributed by atoms with Crippen LogP contribution in [0.1, 0.15) is 25.0 Å². The number of hydrogen-bond acceptors (Lipinski definition) is 4. The highest BCUT2D eigenvalue weighted by Gasteiger charge is 2.35. The Hall–Kier alpha value is -1.40. The van der Waals surface area contributed by atoms with Gasteiger partial charge in [-0.1, -0.05) is 6.42 Å². The smallest absolute Gasteiger partial charge is 0.244 e. The van der Waals surface area contributed by atoms with Gasteiger partial charge in [-0.2, -0.15) is 5.10 Å². The number of rotatable bonds is 5. The van der Waals surface area contributed by atoms with Crippen LogP contribution in [0.3, 0.4) is 0 Å². The molecule has 1 amide bonds. The van der Waals surface area contributed by atoms with Gasteiger partial charge in [-0.05, 0) is 44.8 Å². The van der Waals surface area contributed by atoms with E-state index in [1.807, 2.05) is 17.9 Å². The lowest BCUT2D eigenvalue weighted by atomic mass is 9.95. The molecule has 2 saturated heterocycles. The van der Waals surface area contributed by atoms with Crippen LogP contribution in [-0.2, 0) is 11.3 Å². The number of piperidine rings is 1. The summed E-state index contributed by atoms with van der Waals surface area (Å²) >= 11 is 0. The third kappa shape index (κ3) is 3.93. The second kappa shape index (κ2) is 7.45. The zero-order valence-corrected chi connectivity index (χ0v) is 14.0. The molecule has 1 N–H and O–H groups in total. The van der Waals surface area contributed by atoms with E-state index in [-0.39, 0.29) is 18.4 Å². The molecular formula is C17H28N4O2. The third-order valence-corrected chi connectivity index (χ3v) is 5.32. The number of aryl methyl sites for hydroxylation is 1. The van der Waals surface area contributed by atoms with Crippen LogP contribution >= 0.6 is 0 Å². The number of carbonyl (C=O) groups excluding carboxylic acids is 1. The average Bonchev–Trinajstić information content (AvgIpc) is 3.15. The first-order valence-electron chi connectivity index (χ1n) is 8.77. The summed E-state index contributed by atoms with van der Waals surface area (Å²) in [6.45, 7) is 7.20. The van der Waals surface area contributed by atoms with Crippen LogP contribution < -0.4 is 0 Å². The second-order valence-corrected chi connectivity index (χ2v) is 6.99. The summed E-state index contributed by atoms with van der Waals surface area (Å²) in [4.78, 5) is 16.9. The Labute approximate surface area is 138 Å². The molecule has 0 radical (unpaired) electrons. The van der Waals surface area contributed by atoms with Gasteiger partial charge in [0, 0.05) is 44.0 Å². The van der Waals surface area contributed by atoms with Crippen molar-refractivity contribution in [1.82, 2.24) is 19.6 Å². The largest absolute Gasteiger partial charge is 0.396 e. The fourth-order valence-electron chi connectivity index (χ4n) is 3.82. The van der Waals surface area contributed by atoms with Crippen molar-refractivity contribution in [2.45, 2.75) is 32.7 Å². The summed E-state index contributed by atoms with van der Waals surface area (Å²) < 4.78 is 1.74. The predicted octanol–water partition coefficient (Wildman–Crippen LogP) is 0.744. The average molecular weight is 320 g/mol. The molecule has 2 fully saturated rings. The number of aliphatic hydroxyl groups excluding tert-OH is 1. The lowest BCUT2D eigenvalue weighted by molar-refractivity contribution is -0.131. The molecule has 0 spiro atoms. The summed E-state index contributed by atoms with van der Waals surface area (Å²) in [6, 6.07) is 1.91. The minimum Gasteiger partial charge on any atom is -0.396 e. The van der Waals surface area contributed by atoms with E-state index >= 15 is 0 Å². The van der Waals surface area contributed by atoms with E-state index in [0.717, 1.165) is 31.9 Å². The molecule has 2 aliphatic rings. The minimum absolute atomic E-state index is 0.108. The number of aromatic nitrogens is 2. The second-order valence-electron chi connectivity index (χ2n) is 6.99. The normalized spacial score (nSPS) is 25.9.